The Morgan fingerprint density at radius 3 is 1.58 bits per heavy atom. The molecule has 252 valence electrons. The molecule has 0 amide bonds. The fourth-order valence-corrected chi connectivity index (χ4v) is 5.79. The Balaban J connectivity index is 5.28. The minimum Gasteiger partial charge on any atom is -0.495 e. The van der Waals surface area contributed by atoms with Crippen LogP contribution in [-0.4, -0.2) is 31.6 Å². The smallest absolute Gasteiger partial charge is 0.101 e. The van der Waals surface area contributed by atoms with Crippen LogP contribution in [0.1, 0.15) is 175 Å². The maximum absolute atomic E-state index is 6.80. The zero-order chi connectivity index (χ0) is 31.8. The predicted octanol–water partition coefficient (Wildman–Crippen LogP) is 13.4. The average molecular weight is 600 g/mol. The third-order valence-electron chi connectivity index (χ3n) is 8.67. The van der Waals surface area contributed by atoms with Crippen molar-refractivity contribution in [1.82, 2.24) is 4.90 Å². The molecule has 0 radical (unpaired) electrons. The molecular weight excluding hydrogens is 522 g/mol. The van der Waals surface area contributed by atoms with Crippen molar-refractivity contribution in [3.05, 3.63) is 48.8 Å². The topological polar surface area (TPSA) is 12.5 Å². The summed E-state index contributed by atoms with van der Waals surface area (Å²) in [6.07, 6.45) is 43.7. The molecule has 43 heavy (non-hydrogen) atoms. The van der Waals surface area contributed by atoms with Gasteiger partial charge in [0.25, 0.3) is 0 Å². The summed E-state index contributed by atoms with van der Waals surface area (Å²) in [6.45, 7) is 14.8. The Morgan fingerprint density at radius 2 is 1.09 bits per heavy atom. The van der Waals surface area contributed by atoms with E-state index in [4.69, 9.17) is 4.74 Å². The zero-order valence-corrected chi connectivity index (χ0v) is 30.2. The minimum absolute atomic E-state index is 0.291. The molecule has 0 saturated heterocycles. The van der Waals surface area contributed by atoms with E-state index in [1.165, 1.54) is 128 Å². The second-order valence-electron chi connectivity index (χ2n) is 13.5. The van der Waals surface area contributed by atoms with Crippen LogP contribution in [0, 0.1) is 11.8 Å². The maximum Gasteiger partial charge on any atom is 0.101 e. The normalized spacial score (nSPS) is 13.8. The van der Waals surface area contributed by atoms with Crippen LogP contribution in [0.2, 0.25) is 0 Å². The van der Waals surface area contributed by atoms with Gasteiger partial charge >= 0.3 is 0 Å². The van der Waals surface area contributed by atoms with Crippen molar-refractivity contribution in [1.29, 1.82) is 0 Å². The van der Waals surface area contributed by atoms with Gasteiger partial charge in [-0.15, -0.1) is 0 Å². The Labute approximate surface area is 271 Å². The Bertz CT molecular complexity index is 649. The summed E-state index contributed by atoms with van der Waals surface area (Å²) in [5, 5.41) is 0. The standard InChI is InChI=1S/C41H77NO/c1-8-11-14-17-19-21-24-27-33-40(34-28-25-22-20-18-15-12-9-2)41(43-39(5)32-29-30-37-42(6)7)36-35-38(4)31-26-23-16-13-10-3/h19-22,26,31,38,40-41H,5,8-18,23-25,27-30,32-37H2,1-4,6-7H3/b21-19-,22-20-,31-26-. The second-order valence-corrected chi connectivity index (χ2v) is 13.5. The van der Waals surface area contributed by atoms with Gasteiger partial charge in [0.2, 0.25) is 0 Å². The molecule has 0 saturated carbocycles. The summed E-state index contributed by atoms with van der Waals surface area (Å²) in [5.41, 5.74) is 0. The van der Waals surface area contributed by atoms with Gasteiger partial charge in [0.05, 0.1) is 5.76 Å². The first-order valence-electron chi connectivity index (χ1n) is 18.9. The van der Waals surface area contributed by atoms with Crippen molar-refractivity contribution < 1.29 is 4.74 Å². The van der Waals surface area contributed by atoms with Crippen molar-refractivity contribution >= 4 is 0 Å². The van der Waals surface area contributed by atoms with E-state index >= 15 is 0 Å². The highest BCUT2D eigenvalue weighted by Gasteiger charge is 2.23. The van der Waals surface area contributed by atoms with Crippen molar-refractivity contribution in [2.24, 2.45) is 11.8 Å². The molecule has 0 fully saturated rings. The first-order chi connectivity index (χ1) is 20.9. The van der Waals surface area contributed by atoms with Crippen molar-refractivity contribution in [2.75, 3.05) is 20.6 Å². The molecule has 0 N–H and O–H groups in total. The highest BCUT2D eigenvalue weighted by molar-refractivity contribution is 4.90. The summed E-state index contributed by atoms with van der Waals surface area (Å²) >= 11 is 0. The summed E-state index contributed by atoms with van der Waals surface area (Å²) in [4.78, 5) is 2.27. The summed E-state index contributed by atoms with van der Waals surface area (Å²) in [7, 11) is 4.32. The molecule has 0 spiro atoms. The lowest BCUT2D eigenvalue weighted by Gasteiger charge is -2.30. The third-order valence-corrected chi connectivity index (χ3v) is 8.67. The van der Waals surface area contributed by atoms with E-state index in [2.05, 4.69) is 89.7 Å². The monoisotopic (exact) mass is 600 g/mol. The highest BCUT2D eigenvalue weighted by atomic mass is 16.5. The number of nitrogens with zero attached hydrogens (tertiary/aromatic N) is 1. The fourth-order valence-electron chi connectivity index (χ4n) is 5.79. The van der Waals surface area contributed by atoms with Crippen molar-refractivity contribution in [3.63, 3.8) is 0 Å². The zero-order valence-electron chi connectivity index (χ0n) is 30.2. The number of hydrogen-bond donors (Lipinski definition) is 0. The van der Waals surface area contributed by atoms with Crippen molar-refractivity contribution in [3.8, 4) is 0 Å². The van der Waals surface area contributed by atoms with Gasteiger partial charge < -0.3 is 9.64 Å². The van der Waals surface area contributed by atoms with Gasteiger partial charge in [-0.2, -0.15) is 0 Å². The van der Waals surface area contributed by atoms with E-state index in [9.17, 15) is 0 Å². The van der Waals surface area contributed by atoms with Crippen LogP contribution in [-0.2, 0) is 4.74 Å². The lowest BCUT2D eigenvalue weighted by molar-refractivity contribution is 0.0400. The van der Waals surface area contributed by atoms with Gasteiger partial charge in [-0.25, -0.2) is 0 Å². The van der Waals surface area contributed by atoms with Crippen LogP contribution in [0.4, 0.5) is 0 Å². The molecule has 2 nitrogen and oxygen atoms in total. The lowest BCUT2D eigenvalue weighted by Crippen LogP contribution is -2.25. The maximum atomic E-state index is 6.80. The minimum atomic E-state index is 0.291. The molecule has 0 aromatic heterocycles. The van der Waals surface area contributed by atoms with E-state index < -0.39 is 0 Å². The number of allylic oxidation sites excluding steroid dienone is 7. The van der Waals surface area contributed by atoms with Crippen LogP contribution in [0.25, 0.3) is 0 Å². The van der Waals surface area contributed by atoms with Crippen LogP contribution < -0.4 is 0 Å². The average Bonchev–Trinajstić information content (AvgIpc) is 2.99. The second kappa shape index (κ2) is 32.1. The number of ether oxygens (including phenoxy) is 1. The molecule has 0 rings (SSSR count). The Kier molecular flexibility index (Phi) is 31.2. The summed E-state index contributed by atoms with van der Waals surface area (Å²) in [6, 6.07) is 0. The van der Waals surface area contributed by atoms with Gasteiger partial charge in [0, 0.05) is 6.42 Å². The third kappa shape index (κ3) is 29.2. The quantitative estimate of drug-likeness (QED) is 0.0433. The highest BCUT2D eigenvalue weighted by Crippen LogP contribution is 2.29. The Morgan fingerprint density at radius 1 is 0.605 bits per heavy atom. The molecule has 0 aliphatic carbocycles. The molecule has 2 atom stereocenters. The van der Waals surface area contributed by atoms with Gasteiger partial charge in [0.1, 0.15) is 6.10 Å². The van der Waals surface area contributed by atoms with Crippen LogP contribution in [0.3, 0.4) is 0 Å². The lowest BCUT2D eigenvalue weighted by atomic mass is 9.86. The molecule has 0 bridgehead atoms. The fraction of sp³-hybridized carbons (Fsp3) is 0.805. The molecule has 2 unspecified atom stereocenters. The molecule has 0 aromatic rings. The molecule has 0 aliphatic rings. The predicted molar refractivity (Wildman–Crippen MR) is 196 cm³/mol. The van der Waals surface area contributed by atoms with Crippen LogP contribution in [0.15, 0.2) is 48.8 Å². The van der Waals surface area contributed by atoms with Gasteiger partial charge in [-0.05, 0) is 135 Å². The molecule has 0 aromatic carbocycles. The molecule has 0 heterocycles. The number of rotatable bonds is 32. The van der Waals surface area contributed by atoms with E-state index in [1.54, 1.807) is 0 Å². The van der Waals surface area contributed by atoms with Gasteiger partial charge in [-0.3, -0.25) is 0 Å². The SMILES string of the molecule is C=C(CCCCN(C)C)OC(CCC(C)/C=C\CCCCC)C(CCC/C=C\CCCCC)CCC/C=C\CCCCC. The summed E-state index contributed by atoms with van der Waals surface area (Å²) < 4.78 is 6.80. The molecular formula is C41H77NO. The van der Waals surface area contributed by atoms with Crippen LogP contribution in [0.5, 0.6) is 0 Å². The first kappa shape index (κ1) is 41.7. The van der Waals surface area contributed by atoms with Gasteiger partial charge in [-0.1, -0.05) is 109 Å². The van der Waals surface area contributed by atoms with Crippen molar-refractivity contribution in [2.45, 2.75) is 181 Å². The van der Waals surface area contributed by atoms with E-state index in [0.717, 1.165) is 31.6 Å². The Hall–Kier alpha value is -1.28. The van der Waals surface area contributed by atoms with E-state index in [-0.39, 0.29) is 0 Å². The molecule has 0 aliphatic heterocycles. The first-order valence-corrected chi connectivity index (χ1v) is 18.9. The van der Waals surface area contributed by atoms with Crippen LogP contribution >= 0.6 is 0 Å². The summed E-state index contributed by atoms with van der Waals surface area (Å²) in [5.74, 6) is 2.24. The number of unbranched alkanes of at least 4 members (excludes halogenated alkanes) is 12. The largest absolute Gasteiger partial charge is 0.495 e. The van der Waals surface area contributed by atoms with Gasteiger partial charge in [0.15, 0.2) is 0 Å². The molecule has 2 heteroatoms. The van der Waals surface area contributed by atoms with E-state index in [1.807, 2.05) is 0 Å². The van der Waals surface area contributed by atoms with E-state index in [0.29, 0.717) is 17.9 Å². The number of hydrogen-bond acceptors (Lipinski definition) is 2.